The number of carbonyl (C=O) groups excluding carboxylic acids is 3. The van der Waals surface area contributed by atoms with Crippen molar-refractivity contribution in [1.29, 1.82) is 0 Å². The standard InChI is InChI=1S/C26H30N4O5S.C6H7N3O/c1-2-36(34,35)20-10-11-21-22(14-20)29-16-30(26(21)33)23(12-17-6-4-3-5-7-17)24(31)13-19-9-8-18(15-28-19)25(27)32;7-5-2-1-4(3-9-5)6(8)10/h8-11,14-17,23H,2-7,12-13H2,1H3,(H2,27,32);1-3H,(H2,7,9)(H2,8,10). The number of pyridine rings is 2. The zero-order valence-electron chi connectivity index (χ0n) is 25.5. The Labute approximate surface area is 266 Å². The summed E-state index contributed by atoms with van der Waals surface area (Å²) in [7, 11) is -3.44. The lowest BCUT2D eigenvalue weighted by Gasteiger charge is -2.27. The quantitative estimate of drug-likeness (QED) is 0.228. The van der Waals surface area contributed by atoms with Gasteiger partial charge < -0.3 is 17.2 Å². The fraction of sp³-hybridized carbons (Fsp3) is 0.344. The third-order valence-corrected chi connectivity index (χ3v) is 9.75. The minimum atomic E-state index is -3.44. The van der Waals surface area contributed by atoms with Crippen LogP contribution in [0.1, 0.15) is 77.9 Å². The second-order valence-electron chi connectivity index (χ2n) is 11.2. The van der Waals surface area contributed by atoms with Gasteiger partial charge in [0.1, 0.15) is 5.82 Å². The van der Waals surface area contributed by atoms with E-state index in [0.717, 1.165) is 25.7 Å². The van der Waals surface area contributed by atoms with E-state index in [4.69, 9.17) is 17.2 Å². The van der Waals surface area contributed by atoms with E-state index in [1.165, 1.54) is 66.1 Å². The molecule has 1 aliphatic rings. The summed E-state index contributed by atoms with van der Waals surface area (Å²) in [5.41, 5.74) is 16.5. The second-order valence-corrected chi connectivity index (χ2v) is 13.5. The number of nitrogen functional groups attached to an aromatic ring is 1. The van der Waals surface area contributed by atoms with Gasteiger partial charge in [0, 0.05) is 18.1 Å². The van der Waals surface area contributed by atoms with Gasteiger partial charge in [0.15, 0.2) is 15.6 Å². The molecule has 3 aromatic heterocycles. The number of anilines is 1. The molecular weight excluding hydrogens is 610 g/mol. The summed E-state index contributed by atoms with van der Waals surface area (Å²) in [6.45, 7) is 1.56. The molecule has 0 aliphatic heterocycles. The second kappa shape index (κ2) is 14.9. The molecule has 3 heterocycles. The first-order chi connectivity index (χ1) is 21.9. The van der Waals surface area contributed by atoms with Gasteiger partial charge in [-0.05, 0) is 54.8 Å². The topological polar surface area (TPSA) is 224 Å². The molecule has 0 saturated heterocycles. The summed E-state index contributed by atoms with van der Waals surface area (Å²) < 4.78 is 25.9. The van der Waals surface area contributed by atoms with Gasteiger partial charge in [-0.15, -0.1) is 0 Å². The lowest BCUT2D eigenvalue weighted by Crippen LogP contribution is -2.33. The first kappa shape index (κ1) is 33.9. The molecule has 5 rings (SSSR count). The lowest BCUT2D eigenvalue weighted by atomic mass is 9.83. The van der Waals surface area contributed by atoms with Crippen LogP contribution in [0, 0.1) is 5.92 Å². The van der Waals surface area contributed by atoms with Gasteiger partial charge in [-0.3, -0.25) is 28.7 Å². The van der Waals surface area contributed by atoms with E-state index in [1.807, 2.05) is 0 Å². The maximum absolute atomic E-state index is 13.5. The Balaban J connectivity index is 0.000000409. The van der Waals surface area contributed by atoms with Crippen molar-refractivity contribution in [3.05, 3.63) is 88.4 Å². The summed E-state index contributed by atoms with van der Waals surface area (Å²) in [5.74, 6) is -0.621. The van der Waals surface area contributed by atoms with Crippen molar-refractivity contribution in [3.63, 3.8) is 0 Å². The summed E-state index contributed by atoms with van der Waals surface area (Å²) in [5, 5.41) is 0.262. The summed E-state index contributed by atoms with van der Waals surface area (Å²) in [6, 6.07) is 9.74. The van der Waals surface area contributed by atoms with Crippen LogP contribution in [0.5, 0.6) is 0 Å². The molecule has 1 saturated carbocycles. The number of benzene rings is 1. The van der Waals surface area contributed by atoms with Crippen molar-refractivity contribution < 1.29 is 22.8 Å². The molecule has 1 aliphatic carbocycles. The Morgan fingerprint density at radius 2 is 1.57 bits per heavy atom. The van der Waals surface area contributed by atoms with Gasteiger partial charge >= 0.3 is 0 Å². The molecule has 242 valence electrons. The van der Waals surface area contributed by atoms with E-state index >= 15 is 0 Å². The van der Waals surface area contributed by atoms with Gasteiger partial charge in [-0.1, -0.05) is 39.0 Å². The number of amides is 2. The van der Waals surface area contributed by atoms with Crippen molar-refractivity contribution in [2.24, 2.45) is 17.4 Å². The van der Waals surface area contributed by atoms with E-state index in [0.29, 0.717) is 29.4 Å². The number of fused-ring (bicyclic) bond motifs is 1. The maximum atomic E-state index is 13.5. The average Bonchev–Trinajstić information content (AvgIpc) is 3.05. The van der Waals surface area contributed by atoms with Crippen LogP contribution < -0.4 is 22.8 Å². The largest absolute Gasteiger partial charge is 0.384 e. The van der Waals surface area contributed by atoms with Crippen LogP contribution in [0.4, 0.5) is 5.82 Å². The third kappa shape index (κ3) is 8.38. The molecule has 1 aromatic carbocycles. The van der Waals surface area contributed by atoms with E-state index < -0.39 is 27.7 Å². The highest BCUT2D eigenvalue weighted by Gasteiger charge is 2.28. The van der Waals surface area contributed by atoms with Crippen LogP contribution in [0.15, 0.2) is 70.9 Å². The summed E-state index contributed by atoms with van der Waals surface area (Å²) in [4.78, 5) is 61.1. The average molecular weight is 648 g/mol. The molecule has 46 heavy (non-hydrogen) atoms. The molecule has 1 atom stereocenters. The van der Waals surface area contributed by atoms with Crippen molar-refractivity contribution in [1.82, 2.24) is 19.5 Å². The number of sulfone groups is 1. The monoisotopic (exact) mass is 647 g/mol. The zero-order valence-corrected chi connectivity index (χ0v) is 26.3. The van der Waals surface area contributed by atoms with E-state index in [1.54, 1.807) is 13.0 Å². The summed E-state index contributed by atoms with van der Waals surface area (Å²) >= 11 is 0. The molecule has 0 radical (unpaired) electrons. The SMILES string of the molecule is CCS(=O)(=O)c1ccc2c(=O)n(C(CC3CCCCC3)C(=O)Cc3ccc(C(N)=O)cn3)cnc2c1.NC(=O)c1ccc(N)nc1. The molecule has 13 nitrogen and oxygen atoms in total. The Hall–Kier alpha value is -4.98. The lowest BCUT2D eigenvalue weighted by molar-refractivity contribution is -0.122. The number of Topliss-reactive ketones (excluding diaryl/α,β-unsaturated/α-hetero) is 1. The maximum Gasteiger partial charge on any atom is 0.261 e. The Kier molecular flexibility index (Phi) is 11.0. The third-order valence-electron chi connectivity index (χ3n) is 8.02. The number of rotatable bonds is 10. The molecule has 1 unspecified atom stereocenters. The van der Waals surface area contributed by atoms with Crippen LogP contribution >= 0.6 is 0 Å². The molecule has 4 aromatic rings. The number of aromatic nitrogens is 4. The van der Waals surface area contributed by atoms with Crippen molar-refractivity contribution in [2.75, 3.05) is 11.5 Å². The number of hydrogen-bond donors (Lipinski definition) is 3. The van der Waals surface area contributed by atoms with Gasteiger partial charge in [-0.2, -0.15) is 0 Å². The van der Waals surface area contributed by atoms with E-state index in [2.05, 4.69) is 15.0 Å². The first-order valence-corrected chi connectivity index (χ1v) is 16.6. The van der Waals surface area contributed by atoms with Crippen LogP contribution in [0.2, 0.25) is 0 Å². The molecule has 0 bridgehead atoms. The predicted octanol–water partition coefficient (Wildman–Crippen LogP) is 2.77. The van der Waals surface area contributed by atoms with Crippen molar-refractivity contribution in [2.45, 2.75) is 62.8 Å². The normalized spacial score (nSPS) is 14.2. The first-order valence-electron chi connectivity index (χ1n) is 14.9. The number of nitrogens with zero attached hydrogens (tertiary/aromatic N) is 4. The molecular formula is C32H37N7O6S. The molecule has 6 N–H and O–H groups in total. The van der Waals surface area contributed by atoms with Crippen molar-refractivity contribution in [3.8, 4) is 0 Å². The van der Waals surface area contributed by atoms with Crippen molar-refractivity contribution >= 4 is 44.2 Å². The van der Waals surface area contributed by atoms with Gasteiger partial charge in [0.2, 0.25) is 11.8 Å². The fourth-order valence-corrected chi connectivity index (χ4v) is 6.26. The highest BCUT2D eigenvalue weighted by atomic mass is 32.2. The minimum Gasteiger partial charge on any atom is -0.384 e. The molecule has 14 heteroatoms. The highest BCUT2D eigenvalue weighted by molar-refractivity contribution is 7.91. The van der Waals surface area contributed by atoms with Crippen LogP contribution in [-0.2, 0) is 21.1 Å². The van der Waals surface area contributed by atoms with Crippen LogP contribution in [0.3, 0.4) is 0 Å². The number of hydrogen-bond acceptors (Lipinski definition) is 10. The summed E-state index contributed by atoms with van der Waals surface area (Å²) in [6.07, 6.45) is 9.93. The molecule has 2 amide bonds. The smallest absolute Gasteiger partial charge is 0.261 e. The fourth-order valence-electron chi connectivity index (χ4n) is 5.36. The van der Waals surface area contributed by atoms with Crippen LogP contribution in [0.25, 0.3) is 10.9 Å². The van der Waals surface area contributed by atoms with Gasteiger partial charge in [-0.25, -0.2) is 18.4 Å². The number of primary amides is 2. The molecule has 1 fully saturated rings. The number of carbonyl (C=O) groups is 3. The van der Waals surface area contributed by atoms with E-state index in [-0.39, 0.29) is 44.9 Å². The Morgan fingerprint density at radius 3 is 2.13 bits per heavy atom. The molecule has 0 spiro atoms. The van der Waals surface area contributed by atoms with E-state index in [9.17, 15) is 27.6 Å². The van der Waals surface area contributed by atoms with Gasteiger partial charge in [0.05, 0.1) is 51.5 Å². The van der Waals surface area contributed by atoms with Gasteiger partial charge in [0.25, 0.3) is 5.56 Å². The Morgan fingerprint density at radius 1 is 0.913 bits per heavy atom. The Bertz CT molecular complexity index is 1890. The highest BCUT2D eigenvalue weighted by Crippen LogP contribution is 2.31. The number of nitrogens with two attached hydrogens (primary N) is 3. The zero-order chi connectivity index (χ0) is 33.4. The number of ketones is 1. The minimum absolute atomic E-state index is 0.00537. The predicted molar refractivity (Wildman–Crippen MR) is 173 cm³/mol. The van der Waals surface area contributed by atoms with Crippen LogP contribution in [-0.4, -0.2) is 51.3 Å².